The van der Waals surface area contributed by atoms with E-state index in [2.05, 4.69) is 20.7 Å². The number of rotatable bonds is 4. The summed E-state index contributed by atoms with van der Waals surface area (Å²) in [5.41, 5.74) is 0.415. The lowest BCUT2D eigenvalue weighted by atomic mass is 9.93. The standard InChI is InChI=1S/C11H19N5O/c1-12-5-2-9-3-6-16(7-4-9)11(17)10-8-13-15-14-10/h8-9,12H,2-7H2,1H3,(H,13,14,15). The summed E-state index contributed by atoms with van der Waals surface area (Å²) in [5.74, 6) is 0.731. The van der Waals surface area contributed by atoms with Crippen LogP contribution >= 0.6 is 0 Å². The lowest BCUT2D eigenvalue weighted by molar-refractivity contribution is 0.0681. The number of H-pyrrole nitrogens is 1. The Bertz CT molecular complexity index is 343. The number of nitrogens with zero attached hydrogens (tertiary/aromatic N) is 3. The van der Waals surface area contributed by atoms with Crippen LogP contribution in [0.3, 0.4) is 0 Å². The van der Waals surface area contributed by atoms with Crippen molar-refractivity contribution in [1.29, 1.82) is 0 Å². The van der Waals surface area contributed by atoms with Gasteiger partial charge in [0.15, 0.2) is 5.69 Å². The molecule has 0 bridgehead atoms. The Labute approximate surface area is 101 Å². The summed E-state index contributed by atoms with van der Waals surface area (Å²) in [7, 11) is 1.98. The topological polar surface area (TPSA) is 73.9 Å². The van der Waals surface area contributed by atoms with Gasteiger partial charge >= 0.3 is 0 Å². The van der Waals surface area contributed by atoms with Crippen molar-refractivity contribution in [1.82, 2.24) is 25.6 Å². The molecule has 0 aromatic carbocycles. The number of nitrogens with one attached hydrogen (secondary N) is 2. The van der Waals surface area contributed by atoms with E-state index < -0.39 is 0 Å². The van der Waals surface area contributed by atoms with Gasteiger partial charge in [-0.15, -0.1) is 0 Å². The first-order valence-electron chi connectivity index (χ1n) is 6.11. The summed E-state index contributed by atoms with van der Waals surface area (Å²) in [6.07, 6.45) is 4.86. The minimum Gasteiger partial charge on any atom is -0.337 e. The molecule has 2 rings (SSSR count). The van der Waals surface area contributed by atoms with Gasteiger partial charge in [-0.05, 0) is 38.8 Å². The Kier molecular flexibility index (Phi) is 4.08. The van der Waals surface area contributed by atoms with Crippen LogP contribution in [-0.2, 0) is 0 Å². The van der Waals surface area contributed by atoms with Gasteiger partial charge in [-0.25, -0.2) is 0 Å². The predicted octanol–water partition coefficient (Wildman–Crippen LogP) is 0.266. The minimum absolute atomic E-state index is 0.00850. The van der Waals surface area contributed by atoms with E-state index >= 15 is 0 Å². The molecule has 0 atom stereocenters. The number of aromatic amines is 1. The highest BCUT2D eigenvalue weighted by molar-refractivity contribution is 5.91. The molecule has 0 saturated carbocycles. The molecular weight excluding hydrogens is 218 g/mol. The molecule has 0 aliphatic carbocycles. The van der Waals surface area contributed by atoms with E-state index in [9.17, 15) is 4.79 Å². The van der Waals surface area contributed by atoms with Crippen molar-refractivity contribution >= 4 is 5.91 Å². The fourth-order valence-corrected chi connectivity index (χ4v) is 2.24. The first-order valence-corrected chi connectivity index (χ1v) is 6.11. The zero-order valence-electron chi connectivity index (χ0n) is 10.1. The second-order valence-electron chi connectivity index (χ2n) is 4.48. The maximum Gasteiger partial charge on any atom is 0.276 e. The molecule has 94 valence electrons. The van der Waals surface area contributed by atoms with Gasteiger partial charge in [0.2, 0.25) is 0 Å². The molecule has 2 N–H and O–H groups in total. The molecule has 1 fully saturated rings. The van der Waals surface area contributed by atoms with Gasteiger partial charge in [0.05, 0.1) is 6.20 Å². The fraction of sp³-hybridized carbons (Fsp3) is 0.727. The Morgan fingerprint density at radius 1 is 1.59 bits per heavy atom. The van der Waals surface area contributed by atoms with Crippen molar-refractivity contribution in [2.75, 3.05) is 26.7 Å². The van der Waals surface area contributed by atoms with Crippen LogP contribution in [0, 0.1) is 5.92 Å². The summed E-state index contributed by atoms with van der Waals surface area (Å²) in [5, 5.41) is 13.1. The quantitative estimate of drug-likeness (QED) is 0.788. The monoisotopic (exact) mass is 237 g/mol. The third kappa shape index (κ3) is 3.03. The highest BCUT2D eigenvalue weighted by Crippen LogP contribution is 2.20. The van der Waals surface area contributed by atoms with E-state index in [1.54, 1.807) is 0 Å². The van der Waals surface area contributed by atoms with Crippen LogP contribution in [0.25, 0.3) is 0 Å². The molecular formula is C11H19N5O. The summed E-state index contributed by atoms with van der Waals surface area (Å²) < 4.78 is 0. The van der Waals surface area contributed by atoms with Crippen LogP contribution in [0.5, 0.6) is 0 Å². The first-order chi connectivity index (χ1) is 8.31. The molecule has 6 heteroatoms. The Morgan fingerprint density at radius 2 is 2.35 bits per heavy atom. The van der Waals surface area contributed by atoms with E-state index in [1.165, 1.54) is 12.6 Å². The minimum atomic E-state index is -0.00850. The third-order valence-corrected chi connectivity index (χ3v) is 3.34. The van der Waals surface area contributed by atoms with Crippen molar-refractivity contribution in [3.63, 3.8) is 0 Å². The third-order valence-electron chi connectivity index (χ3n) is 3.34. The van der Waals surface area contributed by atoms with Gasteiger partial charge < -0.3 is 10.2 Å². The van der Waals surface area contributed by atoms with E-state index in [-0.39, 0.29) is 5.91 Å². The van der Waals surface area contributed by atoms with Gasteiger partial charge in [-0.3, -0.25) is 4.79 Å². The lowest BCUT2D eigenvalue weighted by Gasteiger charge is -2.31. The molecule has 6 nitrogen and oxygen atoms in total. The highest BCUT2D eigenvalue weighted by Gasteiger charge is 2.24. The first kappa shape index (κ1) is 12.0. The van der Waals surface area contributed by atoms with Gasteiger partial charge in [0, 0.05) is 13.1 Å². The molecule has 1 saturated heterocycles. The van der Waals surface area contributed by atoms with Gasteiger partial charge in [-0.1, -0.05) is 0 Å². The predicted molar refractivity (Wildman–Crippen MR) is 63.6 cm³/mol. The fourth-order valence-electron chi connectivity index (χ4n) is 2.24. The molecule has 17 heavy (non-hydrogen) atoms. The van der Waals surface area contributed by atoms with E-state index in [4.69, 9.17) is 0 Å². The van der Waals surface area contributed by atoms with Crippen LogP contribution in [0.4, 0.5) is 0 Å². The largest absolute Gasteiger partial charge is 0.337 e. The number of carbonyl (C=O) groups excluding carboxylic acids is 1. The zero-order valence-corrected chi connectivity index (χ0v) is 10.1. The Hall–Kier alpha value is -1.43. The summed E-state index contributed by atoms with van der Waals surface area (Å²) in [6.45, 7) is 2.72. The number of hydrogen-bond acceptors (Lipinski definition) is 4. The van der Waals surface area contributed by atoms with Crippen LogP contribution < -0.4 is 5.32 Å². The van der Waals surface area contributed by atoms with E-state index in [1.807, 2.05) is 11.9 Å². The van der Waals surface area contributed by atoms with Crippen LogP contribution in [0.1, 0.15) is 29.8 Å². The SMILES string of the molecule is CNCCC1CCN(C(=O)c2cn[nH]n2)CC1. The molecule has 1 aliphatic rings. The number of carbonyl (C=O) groups is 1. The molecule has 1 amide bonds. The normalized spacial score (nSPS) is 17.4. The van der Waals surface area contributed by atoms with Crippen LogP contribution in [0.2, 0.25) is 0 Å². The zero-order chi connectivity index (χ0) is 12.1. The average Bonchev–Trinajstić information content (AvgIpc) is 2.90. The second kappa shape index (κ2) is 5.77. The molecule has 1 aromatic heterocycles. The summed E-state index contributed by atoms with van der Waals surface area (Å²) >= 11 is 0. The molecule has 1 aromatic rings. The summed E-state index contributed by atoms with van der Waals surface area (Å²) in [4.78, 5) is 13.8. The van der Waals surface area contributed by atoms with Crippen molar-refractivity contribution in [3.05, 3.63) is 11.9 Å². The summed E-state index contributed by atoms with van der Waals surface area (Å²) in [6, 6.07) is 0. The Morgan fingerprint density at radius 3 is 2.94 bits per heavy atom. The van der Waals surface area contributed by atoms with Crippen molar-refractivity contribution < 1.29 is 4.79 Å². The number of likely N-dealkylation sites (tertiary alicyclic amines) is 1. The molecule has 2 heterocycles. The molecule has 0 spiro atoms. The Balaban J connectivity index is 1.81. The lowest BCUT2D eigenvalue weighted by Crippen LogP contribution is -2.39. The number of amides is 1. The molecule has 1 aliphatic heterocycles. The maximum atomic E-state index is 12.0. The number of piperidine rings is 1. The smallest absolute Gasteiger partial charge is 0.276 e. The molecule has 0 unspecified atom stereocenters. The van der Waals surface area contributed by atoms with Crippen LogP contribution in [-0.4, -0.2) is 52.9 Å². The van der Waals surface area contributed by atoms with Gasteiger partial charge in [-0.2, -0.15) is 15.4 Å². The maximum absolute atomic E-state index is 12.0. The van der Waals surface area contributed by atoms with Crippen molar-refractivity contribution in [2.24, 2.45) is 5.92 Å². The van der Waals surface area contributed by atoms with Gasteiger partial charge in [0.25, 0.3) is 5.91 Å². The van der Waals surface area contributed by atoms with Gasteiger partial charge in [0.1, 0.15) is 0 Å². The van der Waals surface area contributed by atoms with Crippen LogP contribution in [0.15, 0.2) is 6.20 Å². The molecule has 0 radical (unpaired) electrons. The highest BCUT2D eigenvalue weighted by atomic mass is 16.2. The second-order valence-corrected chi connectivity index (χ2v) is 4.48. The van der Waals surface area contributed by atoms with Crippen molar-refractivity contribution in [2.45, 2.75) is 19.3 Å². The van der Waals surface area contributed by atoms with E-state index in [0.717, 1.165) is 38.4 Å². The number of hydrogen-bond donors (Lipinski definition) is 2. The van der Waals surface area contributed by atoms with E-state index in [0.29, 0.717) is 5.69 Å². The number of aromatic nitrogens is 3. The van der Waals surface area contributed by atoms with Crippen molar-refractivity contribution in [3.8, 4) is 0 Å². The average molecular weight is 237 g/mol.